The van der Waals surface area contributed by atoms with E-state index in [1.54, 1.807) is 0 Å². The Morgan fingerprint density at radius 3 is 2.62 bits per heavy atom. The van der Waals surface area contributed by atoms with Crippen molar-refractivity contribution in [2.24, 2.45) is 34.5 Å². The van der Waals surface area contributed by atoms with Gasteiger partial charge >= 0.3 is 5.97 Å². The van der Waals surface area contributed by atoms with Gasteiger partial charge in [-0.2, -0.15) is 5.26 Å². The summed E-state index contributed by atoms with van der Waals surface area (Å²) in [6.07, 6.45) is 9.42. The monoisotopic (exact) mass is 359 g/mol. The van der Waals surface area contributed by atoms with Crippen LogP contribution in [0.2, 0.25) is 0 Å². The van der Waals surface area contributed by atoms with E-state index < -0.39 is 17.7 Å². The molecule has 0 spiro atoms. The number of aliphatic hydroxyl groups is 1. The number of ether oxygens (including phenoxy) is 1. The summed E-state index contributed by atoms with van der Waals surface area (Å²) >= 11 is 0. The Bertz CT molecular complexity index is 642. The second-order valence-electron chi connectivity index (χ2n) is 10.3. The van der Waals surface area contributed by atoms with Crippen LogP contribution in [0.25, 0.3) is 0 Å². The van der Waals surface area contributed by atoms with Crippen LogP contribution in [0.5, 0.6) is 0 Å². The molecule has 1 N–H and O–H groups in total. The first-order valence-electron chi connectivity index (χ1n) is 10.5. The normalized spacial score (nSPS) is 53.0. The highest BCUT2D eigenvalue weighted by atomic mass is 16.6. The van der Waals surface area contributed by atoms with Crippen molar-refractivity contribution < 1.29 is 14.6 Å². The summed E-state index contributed by atoms with van der Waals surface area (Å²) in [5.41, 5.74) is -1.05. The van der Waals surface area contributed by atoms with Crippen LogP contribution in [-0.2, 0) is 9.53 Å². The lowest BCUT2D eigenvalue weighted by atomic mass is 9.44. The molecule has 0 aliphatic heterocycles. The molecule has 4 nitrogen and oxygen atoms in total. The van der Waals surface area contributed by atoms with E-state index in [4.69, 9.17) is 4.74 Å². The van der Waals surface area contributed by atoms with E-state index in [9.17, 15) is 15.2 Å². The molecular formula is C22H33NO3. The molecule has 0 aromatic carbocycles. The summed E-state index contributed by atoms with van der Waals surface area (Å²) in [6, 6.07) is 2.12. The first kappa shape index (κ1) is 18.3. The van der Waals surface area contributed by atoms with Crippen LogP contribution in [0.3, 0.4) is 0 Å². The molecule has 0 aromatic rings. The largest absolute Gasteiger partial charge is 0.458 e. The van der Waals surface area contributed by atoms with E-state index in [0.29, 0.717) is 30.1 Å². The molecular weight excluding hydrogens is 326 g/mol. The fourth-order valence-electron chi connectivity index (χ4n) is 7.80. The molecule has 4 aliphatic carbocycles. The highest BCUT2D eigenvalue weighted by Crippen LogP contribution is 2.67. The molecule has 8 atom stereocenters. The summed E-state index contributed by atoms with van der Waals surface area (Å²) in [5, 5.41) is 20.8. The summed E-state index contributed by atoms with van der Waals surface area (Å²) in [4.78, 5) is 11.5. The van der Waals surface area contributed by atoms with Crippen molar-refractivity contribution in [2.75, 3.05) is 0 Å². The SMILES string of the molecule is CC(=O)OC1CC2CC[C@@H]3[C@@H](CC[C@]4(C)CCC[C@@H]34)[C@@]2(C)CC1(O)C#N. The fourth-order valence-corrected chi connectivity index (χ4v) is 7.80. The standard InChI is InChI=1S/C22H33NO3/c1-14(24)26-19-11-15-6-7-16-17-5-4-9-20(17,2)10-8-18(16)21(15,3)12-22(19,25)13-23/h15-19,25H,4-12H2,1-3H3/t15?,16-,17-,18+,19?,20-,21-,22?/m0/s1. The van der Waals surface area contributed by atoms with Crippen molar-refractivity contribution >= 4 is 5.97 Å². The van der Waals surface area contributed by atoms with Crippen LogP contribution >= 0.6 is 0 Å². The lowest BCUT2D eigenvalue weighted by molar-refractivity contribution is -0.197. The zero-order valence-electron chi connectivity index (χ0n) is 16.5. The number of nitrogens with zero attached hydrogens (tertiary/aromatic N) is 1. The van der Waals surface area contributed by atoms with Gasteiger partial charge in [0, 0.05) is 6.92 Å². The lowest BCUT2D eigenvalue weighted by Crippen LogP contribution is -2.60. The molecule has 0 radical (unpaired) electrons. The smallest absolute Gasteiger partial charge is 0.303 e. The molecule has 4 aliphatic rings. The Morgan fingerprint density at radius 1 is 1.15 bits per heavy atom. The van der Waals surface area contributed by atoms with E-state index in [0.717, 1.165) is 18.3 Å². The maximum atomic E-state index is 11.5. The predicted molar refractivity (Wildman–Crippen MR) is 97.8 cm³/mol. The Hall–Kier alpha value is -1.08. The van der Waals surface area contributed by atoms with Gasteiger partial charge in [0.15, 0.2) is 5.60 Å². The molecule has 3 unspecified atom stereocenters. The van der Waals surface area contributed by atoms with Gasteiger partial charge in [-0.25, -0.2) is 0 Å². The molecule has 4 heteroatoms. The van der Waals surface area contributed by atoms with Gasteiger partial charge in [-0.1, -0.05) is 20.3 Å². The number of hydrogen-bond donors (Lipinski definition) is 1. The number of nitriles is 1. The maximum absolute atomic E-state index is 11.5. The van der Waals surface area contributed by atoms with Gasteiger partial charge in [0.05, 0.1) is 0 Å². The number of carbonyl (C=O) groups is 1. The first-order valence-corrected chi connectivity index (χ1v) is 10.5. The fraction of sp³-hybridized carbons (Fsp3) is 0.909. The van der Waals surface area contributed by atoms with E-state index in [1.165, 1.54) is 45.4 Å². The quantitative estimate of drug-likeness (QED) is 0.562. The highest BCUT2D eigenvalue weighted by Gasteiger charge is 2.62. The Kier molecular flexibility index (Phi) is 4.19. The second-order valence-corrected chi connectivity index (χ2v) is 10.3. The number of esters is 1. The molecule has 4 saturated carbocycles. The van der Waals surface area contributed by atoms with E-state index in [2.05, 4.69) is 19.9 Å². The van der Waals surface area contributed by atoms with Gasteiger partial charge in [0.25, 0.3) is 0 Å². The highest BCUT2D eigenvalue weighted by molar-refractivity contribution is 5.66. The number of rotatable bonds is 1. The van der Waals surface area contributed by atoms with Gasteiger partial charge in [-0.15, -0.1) is 0 Å². The van der Waals surface area contributed by atoms with Gasteiger partial charge in [-0.3, -0.25) is 4.79 Å². The summed E-state index contributed by atoms with van der Waals surface area (Å²) in [5.74, 6) is 2.19. The minimum Gasteiger partial charge on any atom is -0.458 e. The molecule has 0 heterocycles. The number of hydrogen-bond acceptors (Lipinski definition) is 4. The predicted octanol–water partition coefficient (Wildman–Crippen LogP) is 4.22. The summed E-state index contributed by atoms with van der Waals surface area (Å²) in [7, 11) is 0. The van der Waals surface area contributed by atoms with E-state index >= 15 is 0 Å². The van der Waals surface area contributed by atoms with Crippen LogP contribution in [0, 0.1) is 45.8 Å². The van der Waals surface area contributed by atoms with Gasteiger partial charge in [-0.05, 0) is 85.9 Å². The average molecular weight is 360 g/mol. The molecule has 0 saturated heterocycles. The molecule has 0 amide bonds. The van der Waals surface area contributed by atoms with Gasteiger partial charge in [0.1, 0.15) is 12.2 Å². The minimum atomic E-state index is -1.55. The summed E-state index contributed by atoms with van der Waals surface area (Å²) in [6.45, 7) is 6.18. The molecule has 0 aromatic heterocycles. The van der Waals surface area contributed by atoms with E-state index in [1.807, 2.05) is 0 Å². The van der Waals surface area contributed by atoms with Gasteiger partial charge < -0.3 is 9.84 Å². The average Bonchev–Trinajstić information content (AvgIpc) is 2.97. The molecule has 144 valence electrons. The van der Waals surface area contributed by atoms with Crippen LogP contribution in [0.1, 0.15) is 78.6 Å². The lowest BCUT2D eigenvalue weighted by Gasteiger charge is -2.62. The zero-order chi connectivity index (χ0) is 18.7. The van der Waals surface area contributed by atoms with Crippen molar-refractivity contribution in [3.63, 3.8) is 0 Å². The van der Waals surface area contributed by atoms with Crippen molar-refractivity contribution in [2.45, 2.75) is 90.3 Å². The topological polar surface area (TPSA) is 70.3 Å². The molecule has 4 rings (SSSR count). The summed E-state index contributed by atoms with van der Waals surface area (Å²) < 4.78 is 5.40. The third-order valence-corrected chi connectivity index (χ3v) is 9.03. The maximum Gasteiger partial charge on any atom is 0.303 e. The molecule has 4 fully saturated rings. The van der Waals surface area contributed by atoms with Crippen molar-refractivity contribution in [1.82, 2.24) is 0 Å². The van der Waals surface area contributed by atoms with Crippen molar-refractivity contribution in [3.8, 4) is 6.07 Å². The Balaban J connectivity index is 1.64. The minimum absolute atomic E-state index is 0.0199. The Morgan fingerprint density at radius 2 is 1.92 bits per heavy atom. The van der Waals surface area contributed by atoms with Crippen LogP contribution in [0.15, 0.2) is 0 Å². The third-order valence-electron chi connectivity index (χ3n) is 9.03. The van der Waals surface area contributed by atoms with Crippen molar-refractivity contribution in [1.29, 1.82) is 5.26 Å². The molecule has 26 heavy (non-hydrogen) atoms. The Labute approximate surface area is 157 Å². The second kappa shape index (κ2) is 5.96. The van der Waals surface area contributed by atoms with E-state index in [-0.39, 0.29) is 5.41 Å². The first-order chi connectivity index (χ1) is 12.2. The molecule has 0 bridgehead atoms. The van der Waals surface area contributed by atoms with Crippen LogP contribution in [0.4, 0.5) is 0 Å². The van der Waals surface area contributed by atoms with Crippen molar-refractivity contribution in [3.05, 3.63) is 0 Å². The van der Waals surface area contributed by atoms with Crippen LogP contribution < -0.4 is 0 Å². The number of fused-ring (bicyclic) bond motifs is 5. The van der Waals surface area contributed by atoms with Gasteiger partial charge in [0.2, 0.25) is 0 Å². The number of carbonyl (C=O) groups excluding carboxylic acids is 1. The third kappa shape index (κ3) is 2.53. The van der Waals surface area contributed by atoms with Crippen LogP contribution in [-0.4, -0.2) is 22.8 Å². The zero-order valence-corrected chi connectivity index (χ0v) is 16.5.